The number of aliphatic imine (C=N–C) groups is 1. The Labute approximate surface area is 117 Å². The average molecular weight is 299 g/mol. The molecule has 0 fully saturated rings. The molecule has 0 saturated heterocycles. The van der Waals surface area contributed by atoms with E-state index in [0.29, 0.717) is 0 Å². The van der Waals surface area contributed by atoms with Gasteiger partial charge in [0.05, 0.1) is 5.69 Å². The lowest BCUT2D eigenvalue weighted by molar-refractivity contribution is 0.233. The van der Waals surface area contributed by atoms with Gasteiger partial charge in [-0.15, -0.1) is 0 Å². The number of hydrogen-bond acceptors (Lipinski definition) is 7. The van der Waals surface area contributed by atoms with E-state index in [1.807, 2.05) is 0 Å². The van der Waals surface area contributed by atoms with Crippen LogP contribution in [-0.4, -0.2) is 34.5 Å². The van der Waals surface area contributed by atoms with Gasteiger partial charge in [-0.3, -0.25) is 10.7 Å². The van der Waals surface area contributed by atoms with Crippen molar-refractivity contribution in [1.82, 2.24) is 15.8 Å². The van der Waals surface area contributed by atoms with Gasteiger partial charge in [0.1, 0.15) is 6.61 Å². The molecule has 0 bridgehead atoms. The number of halogens is 2. The third-order valence-electron chi connectivity index (χ3n) is 2.29. The van der Waals surface area contributed by atoms with Crippen molar-refractivity contribution in [3.05, 3.63) is 35.5 Å². The third kappa shape index (κ3) is 3.49. The zero-order valence-corrected chi connectivity index (χ0v) is 10.6. The lowest BCUT2D eigenvalue weighted by atomic mass is 10.3. The van der Waals surface area contributed by atoms with Crippen LogP contribution in [0.3, 0.4) is 0 Å². The van der Waals surface area contributed by atoms with E-state index in [9.17, 15) is 8.78 Å². The number of nitrogens with two attached hydrogens (primary N) is 1. The van der Waals surface area contributed by atoms with Crippen LogP contribution < -0.4 is 16.0 Å². The highest BCUT2D eigenvalue weighted by atomic mass is 19.2. The number of hydroxylamine groups is 1. The van der Waals surface area contributed by atoms with Crippen molar-refractivity contribution in [2.75, 3.05) is 13.2 Å². The summed E-state index contributed by atoms with van der Waals surface area (Å²) >= 11 is 0. The standard InChI is InChI=1S/C11H11F2N5O3/c12-7-2-1-6(5-8(7)13)15-10(16-19)9-11(18-21-17-9)20-4-3-14/h1-2,5,19H,3-4,14H2,(H,15,16). The minimum Gasteiger partial charge on any atom is -0.472 e. The van der Waals surface area contributed by atoms with Crippen LogP contribution in [0.2, 0.25) is 0 Å². The van der Waals surface area contributed by atoms with Crippen LogP contribution in [-0.2, 0) is 0 Å². The van der Waals surface area contributed by atoms with E-state index in [4.69, 9.17) is 15.7 Å². The van der Waals surface area contributed by atoms with Gasteiger partial charge in [0.15, 0.2) is 17.5 Å². The third-order valence-corrected chi connectivity index (χ3v) is 2.29. The van der Waals surface area contributed by atoms with E-state index in [2.05, 4.69) is 19.9 Å². The van der Waals surface area contributed by atoms with Crippen molar-refractivity contribution >= 4 is 11.5 Å². The molecule has 0 unspecified atom stereocenters. The highest BCUT2D eigenvalue weighted by Crippen LogP contribution is 2.19. The lowest BCUT2D eigenvalue weighted by Gasteiger charge is -2.04. The minimum absolute atomic E-state index is 0.0400. The Morgan fingerprint density at radius 3 is 2.86 bits per heavy atom. The second-order valence-electron chi connectivity index (χ2n) is 3.73. The van der Waals surface area contributed by atoms with Gasteiger partial charge in [0.25, 0.3) is 5.88 Å². The topological polar surface area (TPSA) is 119 Å². The van der Waals surface area contributed by atoms with Gasteiger partial charge >= 0.3 is 0 Å². The van der Waals surface area contributed by atoms with Gasteiger partial charge in [-0.1, -0.05) is 0 Å². The highest BCUT2D eigenvalue weighted by molar-refractivity contribution is 5.99. The molecule has 1 aromatic carbocycles. The number of amidine groups is 1. The summed E-state index contributed by atoms with van der Waals surface area (Å²) in [7, 11) is 0. The average Bonchev–Trinajstić information content (AvgIpc) is 2.94. The van der Waals surface area contributed by atoms with Crippen molar-refractivity contribution in [3.8, 4) is 5.88 Å². The molecule has 1 heterocycles. The SMILES string of the molecule is NCCOc1nonc1C(=Nc1ccc(F)c(F)c1)NO. The number of nitrogens with one attached hydrogen (secondary N) is 1. The summed E-state index contributed by atoms with van der Waals surface area (Å²) in [6.45, 7) is 0.375. The predicted octanol–water partition coefficient (Wildman–Crippen LogP) is 0.742. The van der Waals surface area contributed by atoms with Crippen LogP contribution in [0.5, 0.6) is 5.88 Å². The van der Waals surface area contributed by atoms with Crippen molar-refractivity contribution in [3.63, 3.8) is 0 Å². The molecule has 0 aliphatic heterocycles. The first kappa shape index (κ1) is 14.8. The van der Waals surface area contributed by atoms with Crippen LogP contribution in [0.25, 0.3) is 0 Å². The molecule has 4 N–H and O–H groups in total. The Morgan fingerprint density at radius 2 is 2.19 bits per heavy atom. The Morgan fingerprint density at radius 1 is 1.38 bits per heavy atom. The predicted molar refractivity (Wildman–Crippen MR) is 66.3 cm³/mol. The van der Waals surface area contributed by atoms with Crippen LogP contribution in [0.4, 0.5) is 14.5 Å². The first-order valence-corrected chi connectivity index (χ1v) is 5.75. The van der Waals surface area contributed by atoms with Gasteiger partial charge in [0.2, 0.25) is 5.69 Å². The molecular formula is C11H11F2N5O3. The maximum Gasteiger partial charge on any atom is 0.287 e. The summed E-state index contributed by atoms with van der Waals surface area (Å²) in [5, 5.41) is 16.1. The summed E-state index contributed by atoms with van der Waals surface area (Å²) in [6.07, 6.45) is 0. The van der Waals surface area contributed by atoms with Gasteiger partial charge in [-0.05, 0) is 22.4 Å². The first-order valence-electron chi connectivity index (χ1n) is 5.75. The second-order valence-corrected chi connectivity index (χ2v) is 3.73. The fourth-order valence-electron chi connectivity index (χ4n) is 1.39. The molecule has 2 rings (SSSR count). The molecule has 0 saturated carbocycles. The number of benzene rings is 1. The normalized spacial score (nSPS) is 11.5. The van der Waals surface area contributed by atoms with Crippen LogP contribution >= 0.6 is 0 Å². The second kappa shape index (κ2) is 6.72. The van der Waals surface area contributed by atoms with Crippen molar-refractivity contribution in [1.29, 1.82) is 0 Å². The summed E-state index contributed by atoms with van der Waals surface area (Å²) in [6, 6.07) is 2.96. The van der Waals surface area contributed by atoms with Crippen molar-refractivity contribution in [2.24, 2.45) is 10.7 Å². The summed E-state index contributed by atoms with van der Waals surface area (Å²) in [5.74, 6) is -2.36. The fourth-order valence-corrected chi connectivity index (χ4v) is 1.39. The minimum atomic E-state index is -1.08. The molecule has 0 radical (unpaired) electrons. The maximum atomic E-state index is 13.1. The number of hydrogen-bond donors (Lipinski definition) is 3. The number of ether oxygens (including phenoxy) is 1. The molecule has 112 valence electrons. The van der Waals surface area contributed by atoms with E-state index in [-0.39, 0.29) is 36.2 Å². The molecule has 0 aliphatic carbocycles. The zero-order chi connectivity index (χ0) is 15.2. The van der Waals surface area contributed by atoms with Crippen molar-refractivity contribution < 1.29 is 23.4 Å². The Balaban J connectivity index is 2.32. The number of aromatic nitrogens is 2. The number of nitrogens with zero attached hydrogens (tertiary/aromatic N) is 3. The molecule has 2 aromatic rings. The van der Waals surface area contributed by atoms with Gasteiger partial charge < -0.3 is 10.5 Å². The monoisotopic (exact) mass is 299 g/mol. The lowest BCUT2D eigenvalue weighted by Crippen LogP contribution is -2.22. The molecule has 10 heteroatoms. The largest absolute Gasteiger partial charge is 0.472 e. The quantitative estimate of drug-likeness (QED) is 0.423. The van der Waals surface area contributed by atoms with E-state index in [1.54, 1.807) is 5.48 Å². The maximum absolute atomic E-state index is 13.1. The summed E-state index contributed by atoms with van der Waals surface area (Å²) in [4.78, 5) is 3.87. The Hall–Kier alpha value is -2.59. The van der Waals surface area contributed by atoms with E-state index < -0.39 is 11.6 Å². The smallest absolute Gasteiger partial charge is 0.287 e. The molecule has 8 nitrogen and oxygen atoms in total. The van der Waals surface area contributed by atoms with Crippen LogP contribution in [0.1, 0.15) is 5.69 Å². The molecule has 0 amide bonds. The summed E-state index contributed by atoms with van der Waals surface area (Å²) in [5.41, 5.74) is 7.04. The molecule has 1 aromatic heterocycles. The molecule has 21 heavy (non-hydrogen) atoms. The Kier molecular flexibility index (Phi) is 4.74. The molecular weight excluding hydrogens is 288 g/mol. The highest BCUT2D eigenvalue weighted by Gasteiger charge is 2.18. The fraction of sp³-hybridized carbons (Fsp3) is 0.182. The van der Waals surface area contributed by atoms with E-state index in [1.165, 1.54) is 6.07 Å². The molecule has 0 aliphatic rings. The van der Waals surface area contributed by atoms with Gasteiger partial charge in [-0.25, -0.2) is 18.4 Å². The van der Waals surface area contributed by atoms with Crippen molar-refractivity contribution in [2.45, 2.75) is 0 Å². The van der Waals surface area contributed by atoms with Crippen LogP contribution in [0.15, 0.2) is 27.8 Å². The van der Waals surface area contributed by atoms with Crippen LogP contribution in [0, 0.1) is 11.6 Å². The summed E-state index contributed by atoms with van der Waals surface area (Å²) < 4.78 is 35.6. The van der Waals surface area contributed by atoms with E-state index >= 15 is 0 Å². The molecule has 0 atom stereocenters. The Bertz CT molecular complexity index is 647. The van der Waals surface area contributed by atoms with Gasteiger partial charge in [-0.2, -0.15) is 0 Å². The number of rotatable bonds is 5. The molecule has 0 spiro atoms. The zero-order valence-electron chi connectivity index (χ0n) is 10.6. The first-order chi connectivity index (χ1) is 10.2. The van der Waals surface area contributed by atoms with Gasteiger partial charge in [0, 0.05) is 12.6 Å². The van der Waals surface area contributed by atoms with E-state index in [0.717, 1.165) is 12.1 Å².